The predicted molar refractivity (Wildman–Crippen MR) is 152 cm³/mol. The third kappa shape index (κ3) is 6.36. The molecule has 0 aliphatic carbocycles. The molecule has 3 aromatic heterocycles. The van der Waals surface area contributed by atoms with E-state index in [2.05, 4.69) is 30.6 Å². The summed E-state index contributed by atoms with van der Waals surface area (Å²) in [5, 5.41) is 6.41. The van der Waals surface area contributed by atoms with Gasteiger partial charge in [0.05, 0.1) is 36.2 Å². The van der Waals surface area contributed by atoms with Crippen molar-refractivity contribution in [3.63, 3.8) is 0 Å². The van der Waals surface area contributed by atoms with Gasteiger partial charge in [-0.3, -0.25) is 9.78 Å². The van der Waals surface area contributed by atoms with Gasteiger partial charge in [-0.2, -0.15) is 11.8 Å². The van der Waals surface area contributed by atoms with E-state index in [1.807, 2.05) is 44.4 Å². The van der Waals surface area contributed by atoms with Crippen molar-refractivity contribution in [2.45, 2.75) is 19.8 Å². The summed E-state index contributed by atoms with van der Waals surface area (Å²) >= 11 is 1.69. The van der Waals surface area contributed by atoms with Crippen LogP contribution in [0.1, 0.15) is 35.7 Å². The van der Waals surface area contributed by atoms with Gasteiger partial charge in [0.15, 0.2) is 11.6 Å². The van der Waals surface area contributed by atoms with Crippen LogP contribution in [-0.2, 0) is 0 Å². The van der Waals surface area contributed by atoms with Crippen LogP contribution in [0.3, 0.4) is 0 Å². The summed E-state index contributed by atoms with van der Waals surface area (Å²) in [4.78, 5) is 30.0. The molecule has 4 rings (SSSR count). The Balaban J connectivity index is 1.61. The lowest BCUT2D eigenvalue weighted by Crippen LogP contribution is -2.21. The Morgan fingerprint density at radius 3 is 2.64 bits per heavy atom. The van der Waals surface area contributed by atoms with Crippen LogP contribution in [0, 0.1) is 5.82 Å². The molecule has 0 radical (unpaired) electrons. The summed E-state index contributed by atoms with van der Waals surface area (Å²) < 4.78 is 25.8. The number of aromatic nitrogens is 4. The van der Waals surface area contributed by atoms with Crippen molar-refractivity contribution in [2.75, 3.05) is 44.1 Å². The first-order valence-corrected chi connectivity index (χ1v) is 14.0. The number of thioether (sulfide) groups is 1. The van der Waals surface area contributed by atoms with Gasteiger partial charge in [-0.15, -0.1) is 0 Å². The lowest BCUT2D eigenvalue weighted by molar-refractivity contribution is 0.0960. The Hall–Kier alpha value is -3.99. The van der Waals surface area contributed by atoms with Crippen LogP contribution in [0.4, 0.5) is 10.2 Å². The summed E-state index contributed by atoms with van der Waals surface area (Å²) in [5.74, 6) is 1.29. The van der Waals surface area contributed by atoms with Gasteiger partial charge in [0.25, 0.3) is 11.8 Å². The highest BCUT2D eigenvalue weighted by Gasteiger charge is 2.21. The first-order valence-electron chi connectivity index (χ1n) is 12.6. The second kappa shape index (κ2) is 13.2. The van der Waals surface area contributed by atoms with Gasteiger partial charge in [0.1, 0.15) is 12.1 Å². The first-order chi connectivity index (χ1) is 19.0. The molecule has 0 spiro atoms. The molecule has 204 valence electrons. The molecule has 3 heterocycles. The highest BCUT2D eigenvalue weighted by molar-refractivity contribution is 7.98. The van der Waals surface area contributed by atoms with Crippen LogP contribution >= 0.6 is 11.8 Å². The largest absolute Gasteiger partial charge is 0.488 e. The predicted octanol–water partition coefficient (Wildman–Crippen LogP) is 4.94. The van der Waals surface area contributed by atoms with Crippen LogP contribution in [0.25, 0.3) is 22.2 Å². The highest BCUT2D eigenvalue weighted by atomic mass is 32.2. The minimum atomic E-state index is -0.650. The van der Waals surface area contributed by atoms with Crippen molar-refractivity contribution in [2.24, 2.45) is 0 Å². The number of fused-ring (bicyclic) bond motifs is 1. The lowest BCUT2D eigenvalue weighted by Gasteiger charge is -2.20. The molecule has 1 amide bonds. The van der Waals surface area contributed by atoms with Gasteiger partial charge in [-0.25, -0.2) is 19.3 Å². The molecule has 1 aromatic carbocycles. The fourth-order valence-electron chi connectivity index (χ4n) is 4.28. The maximum absolute atomic E-state index is 14.5. The Labute approximate surface area is 231 Å². The van der Waals surface area contributed by atoms with E-state index in [1.165, 1.54) is 13.4 Å². The molecule has 0 saturated carbocycles. The normalized spacial score (nSPS) is 11.7. The third-order valence-corrected chi connectivity index (χ3v) is 6.77. The second-order valence-corrected chi connectivity index (χ2v) is 9.43. The van der Waals surface area contributed by atoms with Crippen LogP contribution in [-0.4, -0.2) is 64.7 Å². The first kappa shape index (κ1) is 28.0. The number of carbonyl (C=O) groups is 1. The Bertz CT molecular complexity index is 1450. The van der Waals surface area contributed by atoms with Gasteiger partial charge >= 0.3 is 0 Å². The topological polar surface area (TPSA) is 111 Å². The van der Waals surface area contributed by atoms with E-state index in [-0.39, 0.29) is 11.5 Å². The molecule has 1 atom stereocenters. The zero-order valence-electron chi connectivity index (χ0n) is 22.3. The molecule has 0 aliphatic heterocycles. The summed E-state index contributed by atoms with van der Waals surface area (Å²) in [5.41, 5.74) is 2.98. The molecular weight excluding hydrogens is 519 g/mol. The molecule has 1 unspecified atom stereocenters. The summed E-state index contributed by atoms with van der Waals surface area (Å²) in [7, 11) is 1.48. The van der Waals surface area contributed by atoms with Crippen LogP contribution in [0.5, 0.6) is 11.6 Å². The minimum Gasteiger partial charge on any atom is -0.488 e. The number of hydrogen-bond acceptors (Lipinski definition) is 9. The number of carbonyl (C=O) groups excluding carboxylic acids is 1. The average Bonchev–Trinajstić information content (AvgIpc) is 2.96. The number of para-hydroxylation sites is 1. The number of nitrogens with one attached hydrogen (secondary N) is 2. The molecule has 0 saturated heterocycles. The quantitative estimate of drug-likeness (QED) is 0.253. The number of pyridine rings is 2. The van der Waals surface area contributed by atoms with Crippen molar-refractivity contribution in [3.05, 3.63) is 66.0 Å². The molecule has 0 bridgehead atoms. The van der Waals surface area contributed by atoms with E-state index in [0.717, 1.165) is 23.1 Å². The van der Waals surface area contributed by atoms with Crippen molar-refractivity contribution >= 4 is 34.4 Å². The van der Waals surface area contributed by atoms with Crippen molar-refractivity contribution < 1.29 is 18.7 Å². The van der Waals surface area contributed by atoms with E-state index < -0.39 is 11.7 Å². The van der Waals surface area contributed by atoms with Crippen molar-refractivity contribution in [1.29, 1.82) is 0 Å². The van der Waals surface area contributed by atoms with E-state index in [4.69, 9.17) is 9.47 Å². The van der Waals surface area contributed by atoms with E-state index in [1.54, 1.807) is 24.0 Å². The number of nitrogens with zero attached hydrogens (tertiary/aromatic N) is 4. The maximum Gasteiger partial charge on any atom is 0.257 e. The second-order valence-electron chi connectivity index (χ2n) is 8.52. The number of anilines is 1. The number of amides is 1. The summed E-state index contributed by atoms with van der Waals surface area (Å²) in [6, 6.07) is 9.23. The molecule has 0 fully saturated rings. The molecule has 39 heavy (non-hydrogen) atoms. The van der Waals surface area contributed by atoms with Crippen LogP contribution in [0.2, 0.25) is 0 Å². The average molecular weight is 551 g/mol. The number of benzene rings is 1. The lowest BCUT2D eigenvalue weighted by atomic mass is 9.95. The highest BCUT2D eigenvalue weighted by Crippen LogP contribution is 2.32. The number of ether oxygens (including phenoxy) is 2. The maximum atomic E-state index is 14.5. The zero-order valence-corrected chi connectivity index (χ0v) is 23.1. The fraction of sp³-hybridized carbons (Fsp3) is 0.321. The molecule has 0 aliphatic rings. The molecule has 9 nitrogen and oxygen atoms in total. The number of hydrogen-bond donors (Lipinski definition) is 2. The zero-order chi connectivity index (χ0) is 27.8. The van der Waals surface area contributed by atoms with Crippen LogP contribution in [0.15, 0.2) is 49.1 Å². The Morgan fingerprint density at radius 2 is 1.90 bits per heavy atom. The smallest absolute Gasteiger partial charge is 0.257 e. The molecule has 4 aromatic rings. The standard InChI is InChI=1S/C28H31FN6O3S/c1-5-37-23-10-17(12-33-28(23)38-6-2)22-11-24(35-16-34-22)31-13-18(15-39-4)19-8-7-9-20-25(27(36)30-3)21(29)14-32-26(19)20/h7-12,14,16,18H,5-6,13,15H2,1-4H3,(H,30,36)(H,31,34,35). The van der Waals surface area contributed by atoms with Gasteiger partial charge in [0.2, 0.25) is 0 Å². The SMILES string of the molecule is CCOc1cc(-c2cc(NCC(CSC)c3cccc4c(C(=O)NC)c(F)cnc34)ncn2)cnc1OCC. The molecule has 2 N–H and O–H groups in total. The molecular formula is C28H31FN6O3S. The van der Waals surface area contributed by atoms with E-state index in [0.29, 0.717) is 53.8 Å². The van der Waals surface area contributed by atoms with E-state index in [9.17, 15) is 9.18 Å². The molecule has 11 heteroatoms. The minimum absolute atomic E-state index is 0.00367. The van der Waals surface area contributed by atoms with Crippen molar-refractivity contribution in [1.82, 2.24) is 25.3 Å². The van der Waals surface area contributed by atoms with Gasteiger partial charge in [-0.1, -0.05) is 18.2 Å². The Morgan fingerprint density at radius 1 is 1.08 bits per heavy atom. The van der Waals surface area contributed by atoms with Crippen molar-refractivity contribution in [3.8, 4) is 22.9 Å². The number of rotatable bonds is 12. The van der Waals surface area contributed by atoms with Gasteiger partial charge in [0, 0.05) is 48.5 Å². The van der Waals surface area contributed by atoms with Crippen LogP contribution < -0.4 is 20.1 Å². The Kier molecular flexibility index (Phi) is 9.48. The number of halogens is 1. The summed E-state index contributed by atoms with van der Waals surface area (Å²) in [6.07, 6.45) is 6.33. The van der Waals surface area contributed by atoms with Gasteiger partial charge in [-0.05, 0) is 31.7 Å². The monoisotopic (exact) mass is 550 g/mol. The summed E-state index contributed by atoms with van der Waals surface area (Å²) in [6.45, 7) is 5.31. The fourth-order valence-corrected chi connectivity index (χ4v) is 4.98. The van der Waals surface area contributed by atoms with E-state index >= 15 is 0 Å². The third-order valence-electron chi connectivity index (χ3n) is 6.04. The van der Waals surface area contributed by atoms with Gasteiger partial charge < -0.3 is 20.1 Å².